The van der Waals surface area contributed by atoms with E-state index >= 15 is 0 Å². The van der Waals surface area contributed by atoms with Crippen molar-refractivity contribution in [1.29, 1.82) is 0 Å². The lowest BCUT2D eigenvalue weighted by Gasteiger charge is -2.17. The van der Waals surface area contributed by atoms with Crippen LogP contribution in [0.15, 0.2) is 46.3 Å². The molecule has 0 saturated carbocycles. The fraction of sp³-hybridized carbons (Fsp3) is 0.316. The summed E-state index contributed by atoms with van der Waals surface area (Å²) in [5.41, 5.74) is 1.02. The molecule has 1 unspecified atom stereocenters. The summed E-state index contributed by atoms with van der Waals surface area (Å²) in [6, 6.07) is 11.5. The molecular formula is C19H20ClN3O2S. The molecule has 1 amide bonds. The normalized spacial score (nSPS) is 12.1. The third kappa shape index (κ3) is 4.93. The summed E-state index contributed by atoms with van der Waals surface area (Å²) in [5.74, 6) is 1.17. The van der Waals surface area contributed by atoms with Gasteiger partial charge in [-0.1, -0.05) is 41.9 Å². The summed E-state index contributed by atoms with van der Waals surface area (Å²) in [7, 11) is 0. The Labute approximate surface area is 161 Å². The van der Waals surface area contributed by atoms with E-state index in [9.17, 15) is 4.79 Å². The fourth-order valence-corrected chi connectivity index (χ4v) is 3.52. The smallest absolute Gasteiger partial charge is 0.226 e. The number of aromatic nitrogens is 2. The third-order valence-electron chi connectivity index (χ3n) is 4.00. The molecule has 0 spiro atoms. The molecule has 0 bridgehead atoms. The van der Waals surface area contributed by atoms with Crippen molar-refractivity contribution in [1.82, 2.24) is 15.5 Å². The largest absolute Gasteiger partial charge is 0.349 e. The van der Waals surface area contributed by atoms with E-state index in [1.807, 2.05) is 48.7 Å². The van der Waals surface area contributed by atoms with Gasteiger partial charge in [0.05, 0.1) is 10.9 Å². The molecule has 0 aliphatic heterocycles. The molecule has 0 aliphatic carbocycles. The van der Waals surface area contributed by atoms with Crippen LogP contribution in [0, 0.1) is 0 Å². The summed E-state index contributed by atoms with van der Waals surface area (Å²) in [6.07, 6.45) is 2.46. The number of rotatable bonds is 8. The summed E-state index contributed by atoms with van der Waals surface area (Å²) >= 11 is 7.61. The van der Waals surface area contributed by atoms with Crippen molar-refractivity contribution in [3.05, 3.63) is 58.3 Å². The Morgan fingerprint density at radius 2 is 2.23 bits per heavy atom. The maximum atomic E-state index is 12.2. The zero-order valence-electron chi connectivity index (χ0n) is 14.4. The Balaban J connectivity index is 1.48. The lowest BCUT2D eigenvalue weighted by molar-refractivity contribution is -0.122. The first-order chi connectivity index (χ1) is 12.7. The molecule has 0 radical (unpaired) electrons. The van der Waals surface area contributed by atoms with Gasteiger partial charge in [0.2, 0.25) is 17.6 Å². The quantitative estimate of drug-likeness (QED) is 0.585. The maximum Gasteiger partial charge on any atom is 0.226 e. The molecule has 1 atom stereocenters. The second-order valence-electron chi connectivity index (χ2n) is 5.93. The van der Waals surface area contributed by atoms with E-state index in [0.29, 0.717) is 36.0 Å². The molecule has 1 aromatic carbocycles. The highest BCUT2D eigenvalue weighted by molar-refractivity contribution is 7.13. The minimum absolute atomic E-state index is 0.00909. The van der Waals surface area contributed by atoms with E-state index in [1.54, 1.807) is 11.3 Å². The minimum atomic E-state index is -0.0324. The number of carbonyl (C=O) groups excluding carboxylic acids is 1. The van der Waals surface area contributed by atoms with Gasteiger partial charge in [0.25, 0.3) is 0 Å². The van der Waals surface area contributed by atoms with Crippen molar-refractivity contribution >= 4 is 28.8 Å². The third-order valence-corrected chi connectivity index (χ3v) is 5.10. The zero-order valence-corrected chi connectivity index (χ0v) is 16.0. The maximum absolute atomic E-state index is 12.2. The summed E-state index contributed by atoms with van der Waals surface area (Å²) < 4.78 is 5.25. The molecule has 0 fully saturated rings. The van der Waals surface area contributed by atoms with Crippen molar-refractivity contribution in [3.8, 4) is 10.7 Å². The van der Waals surface area contributed by atoms with Crippen LogP contribution in [-0.4, -0.2) is 16.0 Å². The standard InChI is InChI=1S/C19H20ClN3O2S/c1-2-15(13-6-3-7-14(20)12-13)21-17(24)9-4-10-18-22-19(23-25-18)16-8-5-11-26-16/h3,5-8,11-12,15H,2,4,9-10H2,1H3,(H,21,24). The Kier molecular flexibility index (Phi) is 6.41. The van der Waals surface area contributed by atoms with Crippen LogP contribution in [0.5, 0.6) is 0 Å². The number of benzene rings is 1. The van der Waals surface area contributed by atoms with Crippen molar-refractivity contribution in [2.45, 2.75) is 38.6 Å². The number of nitrogens with zero attached hydrogens (tertiary/aromatic N) is 2. The Hall–Kier alpha value is -2.18. The van der Waals surface area contributed by atoms with Crippen molar-refractivity contribution in [2.24, 2.45) is 0 Å². The van der Waals surface area contributed by atoms with Crippen molar-refractivity contribution < 1.29 is 9.32 Å². The molecule has 3 aromatic rings. The number of hydrogen-bond donors (Lipinski definition) is 1. The number of amides is 1. The number of halogens is 1. The first kappa shape index (κ1) is 18.6. The molecule has 0 aliphatic rings. The highest BCUT2D eigenvalue weighted by Gasteiger charge is 2.14. The van der Waals surface area contributed by atoms with Gasteiger partial charge in [0, 0.05) is 17.9 Å². The SMILES string of the molecule is CCC(NC(=O)CCCc1nc(-c2cccs2)no1)c1cccc(Cl)c1. The Morgan fingerprint density at radius 1 is 1.35 bits per heavy atom. The van der Waals surface area contributed by atoms with E-state index in [0.717, 1.165) is 16.9 Å². The van der Waals surface area contributed by atoms with Crippen LogP contribution in [-0.2, 0) is 11.2 Å². The average Bonchev–Trinajstić information content (AvgIpc) is 3.31. The molecule has 136 valence electrons. The number of hydrogen-bond acceptors (Lipinski definition) is 5. The van der Waals surface area contributed by atoms with Gasteiger partial charge in [-0.2, -0.15) is 4.98 Å². The Bertz CT molecular complexity index is 848. The van der Waals surface area contributed by atoms with Crippen LogP contribution in [0.4, 0.5) is 0 Å². The molecule has 2 aromatic heterocycles. The Morgan fingerprint density at radius 3 is 2.96 bits per heavy atom. The van der Waals surface area contributed by atoms with Gasteiger partial charge in [-0.3, -0.25) is 4.79 Å². The predicted octanol–water partition coefficient (Wildman–Crippen LogP) is 5.04. The van der Waals surface area contributed by atoms with Gasteiger partial charge in [0.15, 0.2) is 0 Å². The summed E-state index contributed by atoms with van der Waals surface area (Å²) in [6.45, 7) is 2.04. The van der Waals surface area contributed by atoms with Crippen LogP contribution in [0.2, 0.25) is 5.02 Å². The van der Waals surface area contributed by atoms with E-state index in [4.69, 9.17) is 16.1 Å². The van der Waals surface area contributed by atoms with Crippen LogP contribution in [0.3, 0.4) is 0 Å². The van der Waals surface area contributed by atoms with Gasteiger partial charge >= 0.3 is 0 Å². The topological polar surface area (TPSA) is 68.0 Å². The fourth-order valence-electron chi connectivity index (χ4n) is 2.67. The van der Waals surface area contributed by atoms with Gasteiger partial charge in [-0.05, 0) is 42.0 Å². The lowest BCUT2D eigenvalue weighted by atomic mass is 10.0. The first-order valence-electron chi connectivity index (χ1n) is 8.57. The highest BCUT2D eigenvalue weighted by Crippen LogP contribution is 2.22. The summed E-state index contributed by atoms with van der Waals surface area (Å²) in [4.78, 5) is 17.6. The number of aryl methyl sites for hydroxylation is 1. The molecular weight excluding hydrogens is 370 g/mol. The molecule has 5 nitrogen and oxygen atoms in total. The minimum Gasteiger partial charge on any atom is -0.349 e. The average molecular weight is 390 g/mol. The lowest BCUT2D eigenvalue weighted by Crippen LogP contribution is -2.28. The van der Waals surface area contributed by atoms with Crippen LogP contribution < -0.4 is 5.32 Å². The van der Waals surface area contributed by atoms with Gasteiger partial charge in [-0.15, -0.1) is 11.3 Å². The predicted molar refractivity (Wildman–Crippen MR) is 103 cm³/mol. The van der Waals surface area contributed by atoms with Crippen molar-refractivity contribution in [2.75, 3.05) is 0 Å². The zero-order chi connectivity index (χ0) is 18.4. The van der Waals surface area contributed by atoms with Crippen LogP contribution in [0.25, 0.3) is 10.7 Å². The molecule has 0 saturated heterocycles. The van der Waals surface area contributed by atoms with Gasteiger partial charge in [-0.25, -0.2) is 0 Å². The highest BCUT2D eigenvalue weighted by atomic mass is 35.5. The van der Waals surface area contributed by atoms with E-state index in [-0.39, 0.29) is 11.9 Å². The van der Waals surface area contributed by atoms with Crippen LogP contribution >= 0.6 is 22.9 Å². The molecule has 26 heavy (non-hydrogen) atoms. The van der Waals surface area contributed by atoms with E-state index in [2.05, 4.69) is 15.5 Å². The second kappa shape index (κ2) is 8.96. The second-order valence-corrected chi connectivity index (χ2v) is 7.31. The first-order valence-corrected chi connectivity index (χ1v) is 9.82. The van der Waals surface area contributed by atoms with Crippen molar-refractivity contribution in [3.63, 3.8) is 0 Å². The molecule has 1 N–H and O–H groups in total. The van der Waals surface area contributed by atoms with Gasteiger partial charge in [0.1, 0.15) is 0 Å². The number of nitrogens with one attached hydrogen (secondary N) is 1. The van der Waals surface area contributed by atoms with Crippen LogP contribution in [0.1, 0.15) is 43.7 Å². The monoisotopic (exact) mass is 389 g/mol. The van der Waals surface area contributed by atoms with E-state index < -0.39 is 0 Å². The number of thiophene rings is 1. The van der Waals surface area contributed by atoms with Gasteiger partial charge < -0.3 is 9.84 Å². The molecule has 2 heterocycles. The molecule has 3 rings (SSSR count). The molecule has 7 heteroatoms. The summed E-state index contributed by atoms with van der Waals surface area (Å²) in [5, 5.41) is 9.68. The van der Waals surface area contributed by atoms with E-state index in [1.165, 1.54) is 0 Å². The number of carbonyl (C=O) groups is 1.